The van der Waals surface area contributed by atoms with Crippen molar-refractivity contribution in [1.29, 1.82) is 0 Å². The van der Waals surface area contributed by atoms with Crippen LogP contribution in [-0.2, 0) is 11.3 Å². The fraction of sp³-hybridized carbons (Fsp3) is 0.842. The molecule has 3 fully saturated rings. The molecule has 0 bridgehead atoms. The van der Waals surface area contributed by atoms with E-state index in [4.69, 9.17) is 4.74 Å². The molecule has 26 heavy (non-hydrogen) atoms. The van der Waals surface area contributed by atoms with E-state index in [9.17, 15) is 4.79 Å². The number of rotatable bonds is 8. The Labute approximate surface area is 155 Å². The van der Waals surface area contributed by atoms with E-state index in [0.717, 1.165) is 63.8 Å². The van der Waals surface area contributed by atoms with Crippen molar-refractivity contribution < 1.29 is 9.53 Å². The van der Waals surface area contributed by atoms with Gasteiger partial charge in [0, 0.05) is 32.3 Å². The van der Waals surface area contributed by atoms with E-state index in [1.54, 1.807) is 0 Å². The molecule has 1 aromatic rings. The summed E-state index contributed by atoms with van der Waals surface area (Å²) in [5.41, 5.74) is 0. The molecule has 0 radical (unpaired) electrons. The summed E-state index contributed by atoms with van der Waals surface area (Å²) in [5, 5.41) is 11.7. The molecule has 0 aromatic carbocycles. The molecule has 1 saturated heterocycles. The summed E-state index contributed by atoms with van der Waals surface area (Å²) in [6.45, 7) is 7.75. The SMILES string of the molecule is CC(C)Cn1c(C(=O)NC2CC2)nnc1N1CCC[C@H](OCC2CC2)C1. The number of nitrogens with one attached hydrogen (secondary N) is 1. The van der Waals surface area contributed by atoms with Gasteiger partial charge >= 0.3 is 0 Å². The number of amides is 1. The van der Waals surface area contributed by atoms with Gasteiger partial charge in [-0.3, -0.25) is 9.36 Å². The third-order valence-corrected chi connectivity index (χ3v) is 5.32. The fourth-order valence-electron chi connectivity index (χ4n) is 3.52. The highest BCUT2D eigenvalue weighted by Crippen LogP contribution is 2.30. The number of carbonyl (C=O) groups excluding carboxylic acids is 1. The van der Waals surface area contributed by atoms with Crippen molar-refractivity contribution in [3.63, 3.8) is 0 Å². The molecule has 1 N–H and O–H groups in total. The van der Waals surface area contributed by atoms with E-state index in [1.165, 1.54) is 12.8 Å². The lowest BCUT2D eigenvalue weighted by molar-refractivity contribution is 0.0364. The molecule has 7 heteroatoms. The summed E-state index contributed by atoms with van der Waals surface area (Å²) in [6.07, 6.45) is 7.24. The topological polar surface area (TPSA) is 72.3 Å². The smallest absolute Gasteiger partial charge is 0.289 e. The van der Waals surface area contributed by atoms with Gasteiger partial charge in [0.2, 0.25) is 11.8 Å². The van der Waals surface area contributed by atoms with Gasteiger partial charge in [0.1, 0.15) is 0 Å². The molecule has 1 aromatic heterocycles. The van der Waals surface area contributed by atoms with Gasteiger partial charge in [-0.2, -0.15) is 0 Å². The van der Waals surface area contributed by atoms with Gasteiger partial charge in [-0.15, -0.1) is 10.2 Å². The second kappa shape index (κ2) is 7.55. The number of carbonyl (C=O) groups is 1. The number of aromatic nitrogens is 3. The molecule has 7 nitrogen and oxygen atoms in total. The first-order valence-electron chi connectivity index (χ1n) is 10.2. The zero-order chi connectivity index (χ0) is 18.1. The lowest BCUT2D eigenvalue weighted by Gasteiger charge is -2.33. The van der Waals surface area contributed by atoms with Crippen molar-refractivity contribution in [3.8, 4) is 0 Å². The van der Waals surface area contributed by atoms with Gasteiger partial charge in [0.15, 0.2) is 0 Å². The van der Waals surface area contributed by atoms with Crippen LogP contribution in [0, 0.1) is 11.8 Å². The van der Waals surface area contributed by atoms with Crippen LogP contribution in [0.5, 0.6) is 0 Å². The van der Waals surface area contributed by atoms with Crippen molar-refractivity contribution in [2.45, 2.75) is 71.1 Å². The molecular formula is C19H31N5O2. The average molecular weight is 361 g/mol. The Bertz CT molecular complexity index is 636. The number of ether oxygens (including phenoxy) is 1. The predicted molar refractivity (Wildman–Crippen MR) is 99.3 cm³/mol. The highest BCUT2D eigenvalue weighted by molar-refractivity contribution is 5.91. The first-order valence-corrected chi connectivity index (χ1v) is 10.2. The Morgan fingerprint density at radius 3 is 2.73 bits per heavy atom. The molecule has 4 rings (SSSR count). The van der Waals surface area contributed by atoms with Crippen molar-refractivity contribution in [1.82, 2.24) is 20.1 Å². The Kier molecular flexibility index (Phi) is 5.16. The van der Waals surface area contributed by atoms with Crippen LogP contribution in [-0.4, -0.2) is 52.5 Å². The van der Waals surface area contributed by atoms with E-state index >= 15 is 0 Å². The second-order valence-corrected chi connectivity index (χ2v) is 8.56. The van der Waals surface area contributed by atoms with Crippen LogP contribution >= 0.6 is 0 Å². The van der Waals surface area contributed by atoms with Gasteiger partial charge in [0.05, 0.1) is 6.10 Å². The van der Waals surface area contributed by atoms with E-state index in [0.29, 0.717) is 17.8 Å². The Hall–Kier alpha value is -1.63. The Morgan fingerprint density at radius 2 is 2.04 bits per heavy atom. The number of hydrogen-bond acceptors (Lipinski definition) is 5. The quantitative estimate of drug-likeness (QED) is 0.769. The van der Waals surface area contributed by atoms with Gasteiger partial charge in [-0.1, -0.05) is 13.8 Å². The molecule has 1 aliphatic heterocycles. The van der Waals surface area contributed by atoms with E-state index in [-0.39, 0.29) is 12.0 Å². The molecule has 144 valence electrons. The predicted octanol–water partition coefficient (Wildman–Crippen LogP) is 2.22. The Morgan fingerprint density at radius 1 is 1.23 bits per heavy atom. The number of piperidine rings is 1. The molecule has 2 heterocycles. The third kappa shape index (κ3) is 4.37. The zero-order valence-corrected chi connectivity index (χ0v) is 16.0. The minimum Gasteiger partial charge on any atom is -0.376 e. The van der Waals surface area contributed by atoms with E-state index < -0.39 is 0 Å². The number of nitrogens with zero attached hydrogens (tertiary/aromatic N) is 4. The number of anilines is 1. The highest BCUT2D eigenvalue weighted by atomic mass is 16.5. The molecule has 0 unspecified atom stereocenters. The van der Waals surface area contributed by atoms with Crippen LogP contribution in [0.4, 0.5) is 5.95 Å². The van der Waals surface area contributed by atoms with Gasteiger partial charge in [0.25, 0.3) is 5.91 Å². The summed E-state index contributed by atoms with van der Waals surface area (Å²) in [7, 11) is 0. The van der Waals surface area contributed by atoms with Crippen LogP contribution < -0.4 is 10.2 Å². The normalized spacial score (nSPS) is 23.5. The summed E-state index contributed by atoms with van der Waals surface area (Å²) in [5.74, 6) is 2.38. The minimum absolute atomic E-state index is 0.0922. The summed E-state index contributed by atoms with van der Waals surface area (Å²) < 4.78 is 8.12. The lowest BCUT2D eigenvalue weighted by atomic mass is 10.1. The molecule has 1 atom stereocenters. The lowest BCUT2D eigenvalue weighted by Crippen LogP contribution is -2.41. The van der Waals surface area contributed by atoms with E-state index in [2.05, 4.69) is 34.3 Å². The van der Waals surface area contributed by atoms with E-state index in [1.807, 2.05) is 4.57 Å². The molecule has 0 spiro atoms. The average Bonchev–Trinajstić information content (AvgIpc) is 3.53. The molecule has 3 aliphatic rings. The van der Waals surface area contributed by atoms with Crippen LogP contribution in [0.2, 0.25) is 0 Å². The van der Waals surface area contributed by atoms with Crippen LogP contribution in [0.15, 0.2) is 0 Å². The monoisotopic (exact) mass is 361 g/mol. The van der Waals surface area contributed by atoms with Crippen molar-refractivity contribution in [2.75, 3.05) is 24.6 Å². The Balaban J connectivity index is 1.48. The van der Waals surface area contributed by atoms with Gasteiger partial charge < -0.3 is 15.0 Å². The summed E-state index contributed by atoms with van der Waals surface area (Å²) in [6, 6.07) is 0.324. The van der Waals surface area contributed by atoms with Crippen LogP contribution in [0.1, 0.15) is 63.0 Å². The van der Waals surface area contributed by atoms with Crippen molar-refractivity contribution >= 4 is 11.9 Å². The van der Waals surface area contributed by atoms with Gasteiger partial charge in [-0.05, 0) is 50.4 Å². The van der Waals surface area contributed by atoms with Crippen LogP contribution in [0.3, 0.4) is 0 Å². The second-order valence-electron chi connectivity index (χ2n) is 8.56. The molecule has 2 aliphatic carbocycles. The highest BCUT2D eigenvalue weighted by Gasteiger charge is 2.31. The molecular weight excluding hydrogens is 330 g/mol. The van der Waals surface area contributed by atoms with Crippen LogP contribution in [0.25, 0.3) is 0 Å². The first kappa shape index (κ1) is 17.8. The summed E-state index contributed by atoms with van der Waals surface area (Å²) in [4.78, 5) is 14.8. The summed E-state index contributed by atoms with van der Waals surface area (Å²) >= 11 is 0. The van der Waals surface area contributed by atoms with Crippen molar-refractivity contribution in [2.24, 2.45) is 11.8 Å². The first-order chi connectivity index (χ1) is 12.6. The maximum absolute atomic E-state index is 12.6. The van der Waals surface area contributed by atoms with Crippen molar-refractivity contribution in [3.05, 3.63) is 5.82 Å². The third-order valence-electron chi connectivity index (χ3n) is 5.32. The molecule has 2 saturated carbocycles. The van der Waals surface area contributed by atoms with Gasteiger partial charge in [-0.25, -0.2) is 0 Å². The minimum atomic E-state index is -0.0922. The largest absolute Gasteiger partial charge is 0.376 e. The maximum Gasteiger partial charge on any atom is 0.289 e. The maximum atomic E-state index is 12.6. The molecule has 1 amide bonds. The number of hydrogen-bond donors (Lipinski definition) is 1. The standard InChI is InChI=1S/C19H31N5O2/c1-13(2)10-24-17(18(25)20-15-7-8-15)21-22-19(24)23-9-3-4-16(11-23)26-12-14-5-6-14/h13-16H,3-12H2,1-2H3,(H,20,25)/t16-/m0/s1. The fourth-order valence-corrected chi connectivity index (χ4v) is 3.52. The zero-order valence-electron chi connectivity index (χ0n) is 16.0.